The van der Waals surface area contributed by atoms with Crippen molar-refractivity contribution in [1.82, 2.24) is 15.3 Å². The summed E-state index contributed by atoms with van der Waals surface area (Å²) in [6.07, 6.45) is 3.31. The largest absolute Gasteiger partial charge is 0.343 e. The predicted molar refractivity (Wildman–Crippen MR) is 70.1 cm³/mol. The number of rotatable bonds is 4. The molecule has 94 valence electrons. The molecule has 0 aromatic carbocycles. The maximum absolute atomic E-state index is 12.0. The Kier molecular flexibility index (Phi) is 4.01. The van der Waals surface area contributed by atoms with Crippen molar-refractivity contribution in [3.8, 4) is 0 Å². The van der Waals surface area contributed by atoms with Crippen LogP contribution in [0.4, 0.5) is 0 Å². The van der Waals surface area contributed by atoms with Gasteiger partial charge in [0.1, 0.15) is 5.01 Å². The number of nitrogens with one attached hydrogen (secondary N) is 1. The van der Waals surface area contributed by atoms with Crippen LogP contribution in [0.3, 0.4) is 0 Å². The monoisotopic (exact) mass is 262 g/mol. The van der Waals surface area contributed by atoms with Crippen molar-refractivity contribution in [2.75, 3.05) is 0 Å². The lowest BCUT2D eigenvalue weighted by Gasteiger charge is -2.11. The molecule has 3 N–H and O–H groups in total. The summed E-state index contributed by atoms with van der Waals surface area (Å²) >= 11 is 1.52. The molecule has 0 aliphatic carbocycles. The number of aromatic nitrogens is 2. The van der Waals surface area contributed by atoms with Crippen molar-refractivity contribution in [3.63, 3.8) is 0 Å². The fourth-order valence-corrected chi connectivity index (χ4v) is 2.17. The van der Waals surface area contributed by atoms with Gasteiger partial charge >= 0.3 is 0 Å². The summed E-state index contributed by atoms with van der Waals surface area (Å²) in [5, 5.41) is 5.66. The summed E-state index contributed by atoms with van der Waals surface area (Å²) in [4.78, 5) is 20.2. The number of carbonyl (C=O) groups excluding carboxylic acids is 1. The van der Waals surface area contributed by atoms with Gasteiger partial charge in [0.15, 0.2) is 0 Å². The van der Waals surface area contributed by atoms with Gasteiger partial charge in [0.2, 0.25) is 0 Å². The van der Waals surface area contributed by atoms with Crippen molar-refractivity contribution >= 4 is 17.2 Å². The highest BCUT2D eigenvalue weighted by Crippen LogP contribution is 2.15. The lowest BCUT2D eigenvalue weighted by atomic mass is 10.2. The van der Waals surface area contributed by atoms with Gasteiger partial charge in [0.25, 0.3) is 5.91 Å². The van der Waals surface area contributed by atoms with Crippen LogP contribution >= 0.6 is 11.3 Å². The number of thiazole rings is 1. The standard InChI is InChI=1S/C12H14N4OS/c1-8(12-15-4-5-18-12)16-11(17)9-2-3-14-10(6-9)7-13/h2-6,8H,7,13H2,1H3,(H,16,17). The fourth-order valence-electron chi connectivity index (χ4n) is 1.52. The molecule has 0 bridgehead atoms. The minimum Gasteiger partial charge on any atom is -0.343 e. The third-order valence-electron chi connectivity index (χ3n) is 2.46. The molecule has 1 amide bonds. The second-order valence-corrected chi connectivity index (χ2v) is 4.73. The van der Waals surface area contributed by atoms with Crippen molar-refractivity contribution in [2.24, 2.45) is 5.73 Å². The van der Waals surface area contributed by atoms with E-state index in [0.29, 0.717) is 17.8 Å². The second kappa shape index (κ2) is 5.70. The first-order valence-corrected chi connectivity index (χ1v) is 6.44. The van der Waals surface area contributed by atoms with Crippen LogP contribution in [0, 0.1) is 0 Å². The SMILES string of the molecule is CC(NC(=O)c1ccnc(CN)c1)c1nccs1. The molecule has 0 radical (unpaired) electrons. The molecule has 6 heteroatoms. The highest BCUT2D eigenvalue weighted by Gasteiger charge is 2.13. The number of pyridine rings is 1. The van der Waals surface area contributed by atoms with Crippen LogP contribution in [0.15, 0.2) is 29.9 Å². The van der Waals surface area contributed by atoms with Crippen molar-refractivity contribution in [2.45, 2.75) is 19.5 Å². The van der Waals surface area contributed by atoms with Crippen LogP contribution in [-0.2, 0) is 6.54 Å². The first kappa shape index (κ1) is 12.7. The fraction of sp³-hybridized carbons (Fsp3) is 0.250. The van der Waals surface area contributed by atoms with Gasteiger partial charge in [-0.3, -0.25) is 9.78 Å². The maximum Gasteiger partial charge on any atom is 0.251 e. The Labute approximate surface area is 109 Å². The lowest BCUT2D eigenvalue weighted by Crippen LogP contribution is -2.26. The third kappa shape index (κ3) is 2.91. The van der Waals surface area contributed by atoms with E-state index in [1.54, 1.807) is 24.5 Å². The second-order valence-electron chi connectivity index (χ2n) is 3.81. The van der Waals surface area contributed by atoms with Crippen LogP contribution in [0.5, 0.6) is 0 Å². The molecule has 1 atom stereocenters. The summed E-state index contributed by atoms with van der Waals surface area (Å²) in [7, 11) is 0. The van der Waals surface area contributed by atoms with E-state index in [9.17, 15) is 4.79 Å². The van der Waals surface area contributed by atoms with E-state index in [1.807, 2.05) is 12.3 Å². The molecule has 2 rings (SSSR count). The lowest BCUT2D eigenvalue weighted by molar-refractivity contribution is 0.0939. The third-order valence-corrected chi connectivity index (χ3v) is 3.42. The average molecular weight is 262 g/mol. The van der Waals surface area contributed by atoms with Crippen molar-refractivity contribution in [1.29, 1.82) is 0 Å². The van der Waals surface area contributed by atoms with E-state index in [0.717, 1.165) is 5.01 Å². The van der Waals surface area contributed by atoms with Gasteiger partial charge in [-0.05, 0) is 19.1 Å². The molecule has 2 aromatic heterocycles. The van der Waals surface area contributed by atoms with E-state index >= 15 is 0 Å². The van der Waals surface area contributed by atoms with Gasteiger partial charge in [-0.2, -0.15) is 0 Å². The molecule has 2 heterocycles. The van der Waals surface area contributed by atoms with Crippen LogP contribution < -0.4 is 11.1 Å². The van der Waals surface area contributed by atoms with E-state index in [4.69, 9.17) is 5.73 Å². The zero-order valence-corrected chi connectivity index (χ0v) is 10.8. The van der Waals surface area contributed by atoms with E-state index in [1.165, 1.54) is 11.3 Å². The normalized spacial score (nSPS) is 12.1. The summed E-state index contributed by atoms with van der Waals surface area (Å²) in [5.74, 6) is -0.144. The van der Waals surface area contributed by atoms with Gasteiger partial charge in [0.05, 0.1) is 11.7 Å². The Morgan fingerprint density at radius 3 is 3.00 bits per heavy atom. The maximum atomic E-state index is 12.0. The summed E-state index contributed by atoms with van der Waals surface area (Å²) in [5.41, 5.74) is 6.76. The quantitative estimate of drug-likeness (QED) is 0.874. The molecule has 0 fully saturated rings. The molecular weight excluding hydrogens is 248 g/mol. The van der Waals surface area contributed by atoms with Gasteiger partial charge in [-0.25, -0.2) is 4.98 Å². The van der Waals surface area contributed by atoms with Gasteiger partial charge < -0.3 is 11.1 Å². The topological polar surface area (TPSA) is 80.9 Å². The molecule has 2 aromatic rings. The Morgan fingerprint density at radius 2 is 2.33 bits per heavy atom. The molecule has 1 unspecified atom stereocenters. The first-order valence-electron chi connectivity index (χ1n) is 5.56. The molecule has 0 spiro atoms. The summed E-state index contributed by atoms with van der Waals surface area (Å²) in [6, 6.07) is 3.26. The predicted octanol–water partition coefficient (Wildman–Crippen LogP) is 1.49. The van der Waals surface area contributed by atoms with Gasteiger partial charge in [-0.15, -0.1) is 11.3 Å². The summed E-state index contributed by atoms with van der Waals surface area (Å²) in [6.45, 7) is 2.23. The molecular formula is C12H14N4OS. The van der Waals surface area contributed by atoms with Crippen LogP contribution in [0.2, 0.25) is 0 Å². The Morgan fingerprint density at radius 1 is 1.50 bits per heavy atom. The minimum atomic E-state index is -0.144. The number of hydrogen-bond donors (Lipinski definition) is 2. The van der Waals surface area contributed by atoms with Crippen molar-refractivity contribution < 1.29 is 4.79 Å². The zero-order chi connectivity index (χ0) is 13.0. The molecule has 0 aliphatic heterocycles. The number of amides is 1. The van der Waals surface area contributed by atoms with E-state index < -0.39 is 0 Å². The molecule has 5 nitrogen and oxygen atoms in total. The highest BCUT2D eigenvalue weighted by molar-refractivity contribution is 7.09. The molecule has 0 saturated carbocycles. The zero-order valence-electron chi connectivity index (χ0n) is 9.96. The van der Waals surface area contributed by atoms with Gasteiger partial charge in [-0.1, -0.05) is 0 Å². The molecule has 0 saturated heterocycles. The highest BCUT2D eigenvalue weighted by atomic mass is 32.1. The number of nitrogens with two attached hydrogens (primary N) is 1. The van der Waals surface area contributed by atoms with Crippen LogP contribution in [0.1, 0.15) is 34.0 Å². The van der Waals surface area contributed by atoms with E-state index in [-0.39, 0.29) is 11.9 Å². The summed E-state index contributed by atoms with van der Waals surface area (Å²) < 4.78 is 0. The van der Waals surface area contributed by atoms with E-state index in [2.05, 4.69) is 15.3 Å². The first-order chi connectivity index (χ1) is 8.70. The Hall–Kier alpha value is -1.79. The number of hydrogen-bond acceptors (Lipinski definition) is 5. The number of nitrogens with zero attached hydrogens (tertiary/aromatic N) is 2. The Bertz CT molecular complexity index is 527. The Balaban J connectivity index is 2.07. The van der Waals surface area contributed by atoms with Crippen LogP contribution in [0.25, 0.3) is 0 Å². The minimum absolute atomic E-state index is 0.105. The molecule has 0 aliphatic rings. The molecule has 18 heavy (non-hydrogen) atoms. The average Bonchev–Trinajstić information content (AvgIpc) is 2.92. The smallest absolute Gasteiger partial charge is 0.251 e. The van der Waals surface area contributed by atoms with Crippen LogP contribution in [-0.4, -0.2) is 15.9 Å². The van der Waals surface area contributed by atoms with Gasteiger partial charge in [0, 0.05) is 29.9 Å². The number of carbonyl (C=O) groups is 1. The van der Waals surface area contributed by atoms with Crippen molar-refractivity contribution in [3.05, 3.63) is 46.2 Å².